The Morgan fingerprint density at radius 3 is 2.66 bits per heavy atom. The molecule has 2 aromatic carbocycles. The fourth-order valence-electron chi connectivity index (χ4n) is 4.25. The van der Waals surface area contributed by atoms with Gasteiger partial charge in [-0.05, 0) is 29.3 Å². The van der Waals surface area contributed by atoms with Crippen molar-refractivity contribution >= 4 is 39.0 Å². The maximum atomic E-state index is 15.4. The highest BCUT2D eigenvalue weighted by Crippen LogP contribution is 2.28. The number of carbonyl (C=O) groups excluding carboxylic acids is 2. The molecule has 1 aliphatic heterocycles. The third kappa shape index (κ3) is 7.11. The molecule has 2 heterocycles. The average Bonchev–Trinajstić information content (AvgIpc) is 3.34. The molecule has 1 aromatic heterocycles. The molecule has 0 saturated carbocycles. The zero-order chi connectivity index (χ0) is 29.7. The third-order valence-electron chi connectivity index (χ3n) is 6.43. The molecule has 13 nitrogen and oxygen atoms in total. The summed E-state index contributed by atoms with van der Waals surface area (Å²) in [4.78, 5) is 40.0. The van der Waals surface area contributed by atoms with E-state index in [0.717, 1.165) is 0 Å². The van der Waals surface area contributed by atoms with E-state index in [1.165, 1.54) is 50.3 Å². The molecular weight excluding hydrogens is 559 g/mol. The summed E-state index contributed by atoms with van der Waals surface area (Å²) in [7, 11) is 0.273. The van der Waals surface area contributed by atoms with Crippen LogP contribution in [0.3, 0.4) is 0 Å². The van der Waals surface area contributed by atoms with E-state index in [2.05, 4.69) is 20.1 Å². The molecule has 0 atom stereocenters. The van der Waals surface area contributed by atoms with Gasteiger partial charge < -0.3 is 29.6 Å². The minimum absolute atomic E-state index is 0.0690. The second-order valence-electron chi connectivity index (χ2n) is 9.43. The summed E-state index contributed by atoms with van der Waals surface area (Å²) in [6, 6.07) is 8.65. The van der Waals surface area contributed by atoms with Crippen LogP contribution in [-0.2, 0) is 23.2 Å². The van der Waals surface area contributed by atoms with Crippen molar-refractivity contribution in [2.45, 2.75) is 13.0 Å². The third-order valence-corrected chi connectivity index (χ3v) is 7.45. The summed E-state index contributed by atoms with van der Waals surface area (Å²) >= 11 is 0. The van der Waals surface area contributed by atoms with Gasteiger partial charge in [0.25, 0.3) is 10.2 Å². The highest BCUT2D eigenvalue weighted by Gasteiger charge is 2.21. The Balaban J connectivity index is 1.69. The van der Waals surface area contributed by atoms with Gasteiger partial charge in [0.1, 0.15) is 11.3 Å². The zero-order valence-corrected chi connectivity index (χ0v) is 23.6. The second kappa shape index (κ2) is 12.5. The number of nitrogens with zero attached hydrogens (tertiary/aromatic N) is 2. The van der Waals surface area contributed by atoms with Gasteiger partial charge in [-0.3, -0.25) is 4.72 Å². The topological polar surface area (TPSA) is 162 Å². The standard InChI is InChI=1S/C26H31FN6O7S/c1-28-41(37,38)31-21-6-4-5-16(23(21)27)13-19-20(15-29-9-11-33-12-10-30-25(33)35)18-8-7-17(39-26(36)32(2)3)14-22(18)40-24(19)34/h4-8,14,28-29,31H,9-13,15H2,1-3H3,(H,30,35). The fourth-order valence-corrected chi connectivity index (χ4v) is 4.80. The van der Waals surface area contributed by atoms with Gasteiger partial charge in [-0.15, -0.1) is 0 Å². The van der Waals surface area contributed by atoms with Crippen LogP contribution in [0.4, 0.5) is 19.7 Å². The number of carbonyl (C=O) groups is 2. The Kier molecular flexibility index (Phi) is 9.10. The molecule has 1 aliphatic rings. The summed E-state index contributed by atoms with van der Waals surface area (Å²) in [5, 5.41) is 6.50. The SMILES string of the molecule is CNS(=O)(=O)Nc1cccc(Cc2c(CNCCN3CCNC3=O)c3ccc(OC(=O)N(C)C)cc3oc2=O)c1F. The first kappa shape index (κ1) is 29.8. The van der Waals surface area contributed by atoms with Gasteiger partial charge in [-0.2, -0.15) is 8.42 Å². The monoisotopic (exact) mass is 590 g/mol. The highest BCUT2D eigenvalue weighted by atomic mass is 32.2. The first-order chi connectivity index (χ1) is 19.5. The van der Waals surface area contributed by atoms with Crippen LogP contribution in [-0.4, -0.2) is 77.7 Å². The number of ether oxygens (including phenoxy) is 1. The lowest BCUT2D eigenvalue weighted by Gasteiger charge is -2.17. The summed E-state index contributed by atoms with van der Waals surface area (Å²) in [5.74, 6) is -0.669. The van der Waals surface area contributed by atoms with Crippen LogP contribution in [0.5, 0.6) is 5.75 Å². The number of urea groups is 1. The quantitative estimate of drug-likeness (QED) is 0.193. The van der Waals surface area contributed by atoms with Crippen molar-refractivity contribution in [2.75, 3.05) is 52.0 Å². The van der Waals surface area contributed by atoms with E-state index in [9.17, 15) is 22.8 Å². The summed E-state index contributed by atoms with van der Waals surface area (Å²) in [5.41, 5.74) is -0.0976. The van der Waals surface area contributed by atoms with Crippen LogP contribution < -0.4 is 30.4 Å². The van der Waals surface area contributed by atoms with E-state index in [1.54, 1.807) is 17.0 Å². The number of rotatable bonds is 11. The maximum absolute atomic E-state index is 15.4. The number of amides is 3. The molecule has 0 spiro atoms. The highest BCUT2D eigenvalue weighted by molar-refractivity contribution is 7.90. The molecular formula is C26H31FN6O7S. The minimum Gasteiger partial charge on any atom is -0.422 e. The molecule has 0 radical (unpaired) electrons. The van der Waals surface area contributed by atoms with Crippen molar-refractivity contribution in [3.63, 3.8) is 0 Å². The van der Waals surface area contributed by atoms with Crippen LogP contribution in [0.1, 0.15) is 16.7 Å². The van der Waals surface area contributed by atoms with E-state index in [4.69, 9.17) is 9.15 Å². The van der Waals surface area contributed by atoms with Gasteiger partial charge in [-0.1, -0.05) is 12.1 Å². The van der Waals surface area contributed by atoms with Gasteiger partial charge in [0.05, 0.1) is 5.69 Å². The molecule has 4 rings (SSSR count). The normalized spacial score (nSPS) is 13.4. The van der Waals surface area contributed by atoms with Crippen molar-refractivity contribution in [2.24, 2.45) is 0 Å². The molecule has 3 aromatic rings. The smallest absolute Gasteiger partial charge is 0.414 e. The van der Waals surface area contributed by atoms with Crippen LogP contribution >= 0.6 is 0 Å². The molecule has 3 amide bonds. The number of halogens is 1. The fraction of sp³-hybridized carbons (Fsp3) is 0.346. The molecule has 1 saturated heterocycles. The summed E-state index contributed by atoms with van der Waals surface area (Å²) in [6.07, 6.45) is -0.803. The number of hydrogen-bond acceptors (Lipinski definition) is 8. The minimum atomic E-state index is -3.98. The molecule has 41 heavy (non-hydrogen) atoms. The molecule has 0 aliphatic carbocycles. The van der Waals surface area contributed by atoms with Crippen molar-refractivity contribution in [1.82, 2.24) is 25.2 Å². The Hall–Kier alpha value is -4.21. The maximum Gasteiger partial charge on any atom is 0.414 e. The molecule has 0 bridgehead atoms. The van der Waals surface area contributed by atoms with Gasteiger partial charge in [0.15, 0.2) is 5.82 Å². The Bertz CT molecular complexity index is 1630. The lowest BCUT2D eigenvalue weighted by Crippen LogP contribution is -2.34. The van der Waals surface area contributed by atoms with Crippen LogP contribution in [0.25, 0.3) is 11.0 Å². The lowest BCUT2D eigenvalue weighted by atomic mass is 9.97. The van der Waals surface area contributed by atoms with E-state index < -0.39 is 27.7 Å². The van der Waals surface area contributed by atoms with Gasteiger partial charge in [-0.25, -0.2) is 23.5 Å². The molecule has 15 heteroatoms. The van der Waals surface area contributed by atoms with Crippen LogP contribution in [0, 0.1) is 5.82 Å². The van der Waals surface area contributed by atoms with Crippen LogP contribution in [0.2, 0.25) is 0 Å². The Morgan fingerprint density at radius 1 is 1.20 bits per heavy atom. The summed E-state index contributed by atoms with van der Waals surface area (Å²) < 4.78 is 54.2. The van der Waals surface area contributed by atoms with Crippen molar-refractivity contribution in [3.05, 3.63) is 69.3 Å². The number of fused-ring (bicyclic) bond motifs is 1. The van der Waals surface area contributed by atoms with Crippen molar-refractivity contribution in [3.8, 4) is 5.75 Å². The lowest BCUT2D eigenvalue weighted by molar-refractivity contribution is 0.172. The first-order valence-electron chi connectivity index (χ1n) is 12.7. The second-order valence-corrected chi connectivity index (χ2v) is 11.0. The predicted octanol–water partition coefficient (Wildman–Crippen LogP) is 1.57. The Labute approximate surface area is 235 Å². The van der Waals surface area contributed by atoms with Gasteiger partial charge in [0, 0.05) is 77.3 Å². The van der Waals surface area contributed by atoms with E-state index in [1.807, 2.05) is 0 Å². The predicted molar refractivity (Wildman–Crippen MR) is 150 cm³/mol. The Morgan fingerprint density at radius 2 is 1.98 bits per heavy atom. The first-order valence-corrected chi connectivity index (χ1v) is 14.2. The molecule has 4 N–H and O–H groups in total. The molecule has 1 fully saturated rings. The molecule has 220 valence electrons. The zero-order valence-electron chi connectivity index (χ0n) is 22.7. The molecule has 0 unspecified atom stereocenters. The average molecular weight is 591 g/mol. The van der Waals surface area contributed by atoms with Gasteiger partial charge >= 0.3 is 17.7 Å². The number of hydrogen-bond donors (Lipinski definition) is 4. The van der Waals surface area contributed by atoms with E-state index >= 15 is 4.39 Å². The van der Waals surface area contributed by atoms with Crippen molar-refractivity contribution in [1.29, 1.82) is 0 Å². The summed E-state index contributed by atoms with van der Waals surface area (Å²) in [6.45, 7) is 2.20. The largest absolute Gasteiger partial charge is 0.422 e. The number of anilines is 1. The number of nitrogens with one attached hydrogen (secondary N) is 4. The van der Waals surface area contributed by atoms with Crippen LogP contribution in [0.15, 0.2) is 45.6 Å². The number of benzene rings is 2. The van der Waals surface area contributed by atoms with Gasteiger partial charge in [0.2, 0.25) is 0 Å². The van der Waals surface area contributed by atoms with Crippen molar-refractivity contribution < 1.29 is 31.6 Å². The van der Waals surface area contributed by atoms with E-state index in [-0.39, 0.29) is 47.1 Å². The van der Waals surface area contributed by atoms with E-state index in [0.29, 0.717) is 37.1 Å².